The van der Waals surface area contributed by atoms with Gasteiger partial charge in [-0.25, -0.2) is 0 Å². The maximum Gasteiger partial charge on any atom is 0.195 e. The van der Waals surface area contributed by atoms with Gasteiger partial charge >= 0.3 is 0 Å². The summed E-state index contributed by atoms with van der Waals surface area (Å²) in [6.07, 6.45) is 0. The van der Waals surface area contributed by atoms with Crippen molar-refractivity contribution in [2.24, 2.45) is 0 Å². The normalized spacial score (nSPS) is 11.2. The summed E-state index contributed by atoms with van der Waals surface area (Å²) in [5, 5.41) is 1.67. The second-order valence-electron chi connectivity index (χ2n) is 4.02. The second kappa shape index (κ2) is 4.75. The molecule has 0 radical (unpaired) electrons. The Hall–Kier alpha value is -1.32. The van der Waals surface area contributed by atoms with Crippen LogP contribution in [0.2, 0.25) is 0 Å². The molecule has 0 spiro atoms. The highest BCUT2D eigenvalue weighted by Gasteiger charge is 2.06. The number of fused-ring (bicyclic) bond motifs is 2. The van der Waals surface area contributed by atoms with E-state index in [1.54, 1.807) is 23.1 Å². The van der Waals surface area contributed by atoms with Crippen LogP contribution in [0.25, 0.3) is 20.2 Å². The quantitative estimate of drug-likeness (QED) is 0.504. The van der Waals surface area contributed by atoms with Crippen LogP contribution in [0.5, 0.6) is 0 Å². The molecule has 1 heterocycles. The highest BCUT2D eigenvalue weighted by molar-refractivity contribution is 7.99. The van der Waals surface area contributed by atoms with Crippen molar-refractivity contribution >= 4 is 43.3 Å². The van der Waals surface area contributed by atoms with E-state index in [4.69, 9.17) is 0 Å². The third-order valence-electron chi connectivity index (χ3n) is 2.86. The molecule has 0 fully saturated rings. The van der Waals surface area contributed by atoms with E-state index >= 15 is 0 Å². The molecule has 1 aromatic heterocycles. The molecule has 0 aliphatic rings. The van der Waals surface area contributed by atoms with Gasteiger partial charge in [-0.1, -0.05) is 19.1 Å². The Morgan fingerprint density at radius 1 is 1.06 bits per heavy atom. The van der Waals surface area contributed by atoms with E-state index in [9.17, 15) is 4.79 Å². The average Bonchev–Trinajstić information content (AvgIpc) is 2.40. The Morgan fingerprint density at radius 3 is 2.67 bits per heavy atom. The Labute approximate surface area is 113 Å². The average molecular weight is 272 g/mol. The minimum atomic E-state index is 0.151. The zero-order valence-electron chi connectivity index (χ0n) is 9.97. The third kappa shape index (κ3) is 1.93. The summed E-state index contributed by atoms with van der Waals surface area (Å²) in [6, 6.07) is 14.0. The van der Waals surface area contributed by atoms with Crippen molar-refractivity contribution in [1.29, 1.82) is 0 Å². The van der Waals surface area contributed by atoms with Crippen LogP contribution in [0.1, 0.15) is 6.92 Å². The first-order valence-corrected chi connectivity index (χ1v) is 7.68. The van der Waals surface area contributed by atoms with Gasteiger partial charge in [0.2, 0.25) is 0 Å². The maximum absolute atomic E-state index is 12.4. The van der Waals surface area contributed by atoms with Crippen molar-refractivity contribution in [3.63, 3.8) is 0 Å². The molecule has 3 aromatic rings. The smallest absolute Gasteiger partial charge is 0.195 e. The van der Waals surface area contributed by atoms with E-state index in [0.29, 0.717) is 0 Å². The number of benzene rings is 2. The maximum atomic E-state index is 12.4. The van der Waals surface area contributed by atoms with Crippen LogP contribution in [0, 0.1) is 0 Å². The fourth-order valence-corrected chi connectivity index (χ4v) is 3.79. The predicted octanol–water partition coefficient (Wildman–Crippen LogP) is 4.53. The largest absolute Gasteiger partial charge is 0.289 e. The molecule has 0 aliphatic heterocycles. The van der Waals surface area contributed by atoms with Crippen molar-refractivity contribution in [2.45, 2.75) is 11.8 Å². The fourth-order valence-electron chi connectivity index (χ4n) is 2.04. The highest BCUT2D eigenvalue weighted by Crippen LogP contribution is 2.28. The van der Waals surface area contributed by atoms with Crippen LogP contribution in [-0.4, -0.2) is 5.75 Å². The molecule has 90 valence electrons. The van der Waals surface area contributed by atoms with Crippen molar-refractivity contribution in [3.8, 4) is 0 Å². The summed E-state index contributed by atoms with van der Waals surface area (Å²) < 4.78 is 2.13. The molecule has 0 aliphatic carbocycles. The van der Waals surface area contributed by atoms with Gasteiger partial charge < -0.3 is 0 Å². The molecular weight excluding hydrogens is 260 g/mol. The Morgan fingerprint density at radius 2 is 1.83 bits per heavy atom. The van der Waals surface area contributed by atoms with Crippen LogP contribution in [-0.2, 0) is 0 Å². The van der Waals surface area contributed by atoms with Crippen molar-refractivity contribution in [2.75, 3.05) is 5.75 Å². The molecule has 0 amide bonds. The molecule has 18 heavy (non-hydrogen) atoms. The molecule has 0 atom stereocenters. The van der Waals surface area contributed by atoms with Crippen molar-refractivity contribution in [1.82, 2.24) is 0 Å². The van der Waals surface area contributed by atoms with Gasteiger partial charge in [-0.2, -0.15) is 0 Å². The molecule has 0 saturated carbocycles. The SMILES string of the molecule is CCSc1ccc2sc3ccccc3c(=O)c2c1. The van der Waals surface area contributed by atoms with Crippen LogP contribution >= 0.6 is 23.1 Å². The van der Waals surface area contributed by atoms with Crippen LogP contribution < -0.4 is 5.43 Å². The number of thioether (sulfide) groups is 1. The van der Waals surface area contributed by atoms with Gasteiger partial charge in [-0.3, -0.25) is 4.79 Å². The lowest BCUT2D eigenvalue weighted by molar-refractivity contribution is 1.46. The van der Waals surface area contributed by atoms with Gasteiger partial charge in [-0.15, -0.1) is 23.1 Å². The molecule has 2 aromatic carbocycles. The van der Waals surface area contributed by atoms with E-state index in [1.165, 1.54) is 4.90 Å². The predicted molar refractivity (Wildman–Crippen MR) is 82.0 cm³/mol. The lowest BCUT2D eigenvalue weighted by Gasteiger charge is -2.03. The van der Waals surface area contributed by atoms with Gasteiger partial charge in [0.15, 0.2) is 5.43 Å². The lowest BCUT2D eigenvalue weighted by Crippen LogP contribution is -2.00. The molecule has 3 heteroatoms. The second-order valence-corrected chi connectivity index (χ2v) is 6.44. The topological polar surface area (TPSA) is 17.1 Å². The summed E-state index contributed by atoms with van der Waals surface area (Å²) in [5.41, 5.74) is 0.151. The molecule has 3 rings (SSSR count). The fraction of sp³-hybridized carbons (Fsp3) is 0.133. The summed E-state index contributed by atoms with van der Waals surface area (Å²) in [7, 11) is 0. The summed E-state index contributed by atoms with van der Waals surface area (Å²) in [6.45, 7) is 2.12. The van der Waals surface area contributed by atoms with Gasteiger partial charge in [0.05, 0.1) is 0 Å². The Balaban J connectivity index is 2.38. The zero-order chi connectivity index (χ0) is 12.5. The summed E-state index contributed by atoms with van der Waals surface area (Å²) in [4.78, 5) is 13.6. The molecule has 0 unspecified atom stereocenters. The molecule has 0 N–H and O–H groups in total. The first-order chi connectivity index (χ1) is 8.79. The van der Waals surface area contributed by atoms with Gasteiger partial charge in [0, 0.05) is 25.1 Å². The van der Waals surface area contributed by atoms with Crippen molar-refractivity contribution in [3.05, 3.63) is 52.7 Å². The van der Waals surface area contributed by atoms with E-state index in [2.05, 4.69) is 19.1 Å². The van der Waals surface area contributed by atoms with E-state index in [1.807, 2.05) is 30.3 Å². The number of hydrogen-bond acceptors (Lipinski definition) is 3. The minimum Gasteiger partial charge on any atom is -0.289 e. The highest BCUT2D eigenvalue weighted by atomic mass is 32.2. The van der Waals surface area contributed by atoms with Crippen molar-refractivity contribution < 1.29 is 0 Å². The standard InChI is InChI=1S/C15H12OS2/c1-2-17-10-7-8-14-12(9-10)15(16)11-5-3-4-6-13(11)18-14/h3-9H,2H2,1H3. The molecule has 1 nitrogen and oxygen atoms in total. The third-order valence-corrected chi connectivity index (χ3v) is 4.89. The molecular formula is C15H12OS2. The molecule has 0 bridgehead atoms. The van der Waals surface area contributed by atoms with E-state index < -0.39 is 0 Å². The summed E-state index contributed by atoms with van der Waals surface area (Å²) >= 11 is 3.45. The Bertz CT molecular complexity index is 774. The van der Waals surface area contributed by atoms with E-state index in [-0.39, 0.29) is 5.43 Å². The van der Waals surface area contributed by atoms with Gasteiger partial charge in [0.25, 0.3) is 0 Å². The van der Waals surface area contributed by atoms with Crippen LogP contribution in [0.4, 0.5) is 0 Å². The lowest BCUT2D eigenvalue weighted by atomic mass is 10.2. The first kappa shape index (κ1) is 11.8. The number of rotatable bonds is 2. The number of hydrogen-bond donors (Lipinski definition) is 0. The first-order valence-electron chi connectivity index (χ1n) is 5.88. The summed E-state index contributed by atoms with van der Waals surface area (Å²) in [5.74, 6) is 1.02. The van der Waals surface area contributed by atoms with Crippen LogP contribution in [0.3, 0.4) is 0 Å². The Kier molecular flexibility index (Phi) is 3.10. The molecule has 0 saturated heterocycles. The van der Waals surface area contributed by atoms with E-state index in [0.717, 1.165) is 25.9 Å². The monoisotopic (exact) mass is 272 g/mol. The van der Waals surface area contributed by atoms with Gasteiger partial charge in [0.1, 0.15) is 0 Å². The minimum absolute atomic E-state index is 0.151. The zero-order valence-corrected chi connectivity index (χ0v) is 11.6. The van der Waals surface area contributed by atoms with Crippen LogP contribution in [0.15, 0.2) is 52.2 Å². The van der Waals surface area contributed by atoms with Gasteiger partial charge in [-0.05, 0) is 36.1 Å².